The standard InChI is InChI=1S/C18H12BO2/c20-19-21-12-9-10-17-15-7-2-1-5-13(15)14-6-3-4-8-16(14)18(17)11-12/h1-11,20H. The highest BCUT2D eigenvalue weighted by Crippen LogP contribution is 2.36. The lowest BCUT2D eigenvalue weighted by atomic mass is 9.94. The number of benzene rings is 4. The van der Waals surface area contributed by atoms with Crippen LogP contribution >= 0.6 is 0 Å². The molecule has 3 heteroatoms. The zero-order valence-electron chi connectivity index (χ0n) is 11.3. The molecule has 0 saturated heterocycles. The van der Waals surface area contributed by atoms with Crippen LogP contribution in [-0.2, 0) is 0 Å². The molecule has 99 valence electrons. The van der Waals surface area contributed by atoms with Gasteiger partial charge in [0.15, 0.2) is 0 Å². The van der Waals surface area contributed by atoms with Crippen LogP contribution in [0.1, 0.15) is 0 Å². The summed E-state index contributed by atoms with van der Waals surface area (Å²) < 4.78 is 5.11. The van der Waals surface area contributed by atoms with E-state index in [1.807, 2.05) is 24.3 Å². The largest absolute Gasteiger partial charge is 0.569 e. The Kier molecular flexibility index (Phi) is 2.79. The zero-order chi connectivity index (χ0) is 14.2. The number of hydrogen-bond acceptors (Lipinski definition) is 2. The Morgan fingerprint density at radius 3 is 1.62 bits per heavy atom. The number of hydrogen-bond donors (Lipinski definition) is 1. The second-order valence-electron chi connectivity index (χ2n) is 5.02. The highest BCUT2D eigenvalue weighted by atomic mass is 16.5. The van der Waals surface area contributed by atoms with E-state index >= 15 is 0 Å². The summed E-state index contributed by atoms with van der Waals surface area (Å²) in [5.41, 5.74) is 0. The molecule has 4 aromatic carbocycles. The molecule has 0 aliphatic rings. The summed E-state index contributed by atoms with van der Waals surface area (Å²) in [4.78, 5) is 0. The molecule has 4 rings (SSSR count). The summed E-state index contributed by atoms with van der Waals surface area (Å²) in [6.45, 7) is 0. The molecule has 0 fully saturated rings. The second kappa shape index (κ2) is 4.79. The highest BCUT2D eigenvalue weighted by Gasteiger charge is 2.08. The van der Waals surface area contributed by atoms with Crippen LogP contribution in [0.3, 0.4) is 0 Å². The third kappa shape index (κ3) is 1.86. The van der Waals surface area contributed by atoms with E-state index in [1.54, 1.807) is 0 Å². The van der Waals surface area contributed by atoms with Crippen molar-refractivity contribution in [1.82, 2.24) is 0 Å². The lowest BCUT2D eigenvalue weighted by Gasteiger charge is -2.11. The minimum absolute atomic E-state index is 0.630. The van der Waals surface area contributed by atoms with Crippen LogP contribution in [0.4, 0.5) is 0 Å². The van der Waals surface area contributed by atoms with Crippen LogP contribution in [0.2, 0.25) is 0 Å². The van der Waals surface area contributed by atoms with Gasteiger partial charge in [-0.3, -0.25) is 0 Å². The van der Waals surface area contributed by atoms with Gasteiger partial charge in [0.1, 0.15) is 5.75 Å². The minimum atomic E-state index is 0.630. The van der Waals surface area contributed by atoms with Crippen LogP contribution in [0.5, 0.6) is 5.75 Å². The fourth-order valence-corrected chi connectivity index (χ4v) is 3.02. The Morgan fingerprint density at radius 2 is 1.10 bits per heavy atom. The predicted octanol–water partition coefficient (Wildman–Crippen LogP) is 4.05. The number of rotatable bonds is 2. The van der Waals surface area contributed by atoms with Crippen molar-refractivity contribution in [3.8, 4) is 5.75 Å². The SMILES string of the molecule is O[B]Oc1ccc2c3ccccc3c3ccccc3c2c1. The van der Waals surface area contributed by atoms with Gasteiger partial charge in [0, 0.05) is 0 Å². The lowest BCUT2D eigenvalue weighted by molar-refractivity contribution is 0.454. The Hall–Kier alpha value is -2.52. The first-order valence-corrected chi connectivity index (χ1v) is 6.84. The fraction of sp³-hybridized carbons (Fsp3) is 0. The van der Waals surface area contributed by atoms with Gasteiger partial charge in [0.05, 0.1) is 0 Å². The smallest absolute Gasteiger partial charge is 0.537 e. The number of fused-ring (bicyclic) bond motifs is 6. The van der Waals surface area contributed by atoms with E-state index in [-0.39, 0.29) is 0 Å². The van der Waals surface area contributed by atoms with Gasteiger partial charge in [-0.1, -0.05) is 54.6 Å². The van der Waals surface area contributed by atoms with E-state index in [0.717, 1.165) is 5.39 Å². The summed E-state index contributed by atoms with van der Waals surface area (Å²) in [5, 5.41) is 16.0. The first-order chi connectivity index (χ1) is 10.4. The third-order valence-electron chi connectivity index (χ3n) is 3.90. The molecule has 21 heavy (non-hydrogen) atoms. The van der Waals surface area contributed by atoms with Crippen molar-refractivity contribution in [3.63, 3.8) is 0 Å². The molecule has 0 saturated carbocycles. The van der Waals surface area contributed by atoms with Crippen LogP contribution < -0.4 is 4.65 Å². The molecule has 0 amide bonds. The summed E-state index contributed by atoms with van der Waals surface area (Å²) in [6, 6.07) is 22.7. The van der Waals surface area contributed by atoms with Crippen molar-refractivity contribution in [3.05, 3.63) is 66.7 Å². The summed E-state index contributed by atoms with van der Waals surface area (Å²) in [7, 11) is 0.713. The molecule has 0 aromatic heterocycles. The first kappa shape index (κ1) is 12.2. The van der Waals surface area contributed by atoms with Gasteiger partial charge in [0.25, 0.3) is 0 Å². The topological polar surface area (TPSA) is 29.5 Å². The molecule has 0 unspecified atom stereocenters. The predicted molar refractivity (Wildman–Crippen MR) is 87.6 cm³/mol. The van der Waals surface area contributed by atoms with Gasteiger partial charge in [0.2, 0.25) is 0 Å². The molecule has 0 bridgehead atoms. The molecule has 0 heterocycles. The van der Waals surface area contributed by atoms with E-state index in [1.165, 1.54) is 26.9 Å². The second-order valence-corrected chi connectivity index (χ2v) is 5.02. The molecule has 0 atom stereocenters. The van der Waals surface area contributed by atoms with E-state index in [9.17, 15) is 0 Å². The lowest BCUT2D eigenvalue weighted by Crippen LogP contribution is -1.99. The van der Waals surface area contributed by atoms with E-state index in [4.69, 9.17) is 9.68 Å². The average molecular weight is 271 g/mol. The molecular formula is C18H12BO2. The first-order valence-electron chi connectivity index (χ1n) is 6.84. The normalized spacial score (nSPS) is 11.1. The maximum atomic E-state index is 8.83. The van der Waals surface area contributed by atoms with Crippen LogP contribution in [-0.4, -0.2) is 12.7 Å². The molecule has 0 aliphatic carbocycles. The molecule has 4 aromatic rings. The highest BCUT2D eigenvalue weighted by molar-refractivity contribution is 6.25. The molecule has 2 nitrogen and oxygen atoms in total. The van der Waals surface area contributed by atoms with Gasteiger partial charge >= 0.3 is 7.69 Å². The molecule has 0 aliphatic heterocycles. The molecular weight excluding hydrogens is 259 g/mol. The summed E-state index contributed by atoms with van der Waals surface area (Å²) >= 11 is 0. The van der Waals surface area contributed by atoms with Crippen molar-refractivity contribution in [2.24, 2.45) is 0 Å². The Labute approximate surface area is 122 Å². The van der Waals surface area contributed by atoms with Gasteiger partial charge in [-0.25, -0.2) is 0 Å². The maximum absolute atomic E-state index is 8.83. The Morgan fingerprint density at radius 1 is 0.619 bits per heavy atom. The van der Waals surface area contributed by atoms with Crippen LogP contribution in [0.15, 0.2) is 66.7 Å². The van der Waals surface area contributed by atoms with Crippen molar-refractivity contribution < 1.29 is 9.68 Å². The van der Waals surface area contributed by atoms with Crippen molar-refractivity contribution in [2.75, 3.05) is 0 Å². The molecule has 0 spiro atoms. The van der Waals surface area contributed by atoms with E-state index < -0.39 is 0 Å². The van der Waals surface area contributed by atoms with Crippen LogP contribution in [0, 0.1) is 0 Å². The van der Waals surface area contributed by atoms with Crippen molar-refractivity contribution >= 4 is 40.0 Å². The van der Waals surface area contributed by atoms with Gasteiger partial charge in [-0.2, -0.15) is 0 Å². The van der Waals surface area contributed by atoms with E-state index in [2.05, 4.69) is 42.5 Å². The van der Waals surface area contributed by atoms with Gasteiger partial charge in [-0.15, -0.1) is 0 Å². The Bertz CT molecular complexity index is 928. The monoisotopic (exact) mass is 271 g/mol. The quantitative estimate of drug-likeness (QED) is 0.440. The van der Waals surface area contributed by atoms with Crippen LogP contribution in [0.25, 0.3) is 32.3 Å². The van der Waals surface area contributed by atoms with Crippen molar-refractivity contribution in [1.29, 1.82) is 0 Å². The van der Waals surface area contributed by atoms with Crippen molar-refractivity contribution in [2.45, 2.75) is 0 Å². The maximum Gasteiger partial charge on any atom is 0.569 e. The molecule has 1 N–H and O–H groups in total. The zero-order valence-corrected chi connectivity index (χ0v) is 11.3. The Balaban J connectivity index is 2.24. The third-order valence-corrected chi connectivity index (χ3v) is 3.90. The average Bonchev–Trinajstić information content (AvgIpc) is 2.55. The fourth-order valence-electron chi connectivity index (χ4n) is 3.02. The van der Waals surface area contributed by atoms with E-state index in [0.29, 0.717) is 13.4 Å². The minimum Gasteiger partial charge on any atom is -0.537 e. The summed E-state index contributed by atoms with van der Waals surface area (Å²) in [6.07, 6.45) is 0. The van der Waals surface area contributed by atoms with Gasteiger partial charge in [-0.05, 0) is 44.5 Å². The van der Waals surface area contributed by atoms with Gasteiger partial charge < -0.3 is 9.68 Å². The summed E-state index contributed by atoms with van der Waals surface area (Å²) in [5.74, 6) is 0.630. The molecule has 1 radical (unpaired) electrons.